The van der Waals surface area contributed by atoms with E-state index in [0.717, 1.165) is 58.8 Å². The zero-order chi connectivity index (χ0) is 24.2. The molecule has 0 bridgehead atoms. The number of benzene rings is 1. The van der Waals surface area contributed by atoms with Crippen LogP contribution in [0, 0.1) is 0 Å². The van der Waals surface area contributed by atoms with Crippen LogP contribution in [0.2, 0.25) is 0 Å². The molecule has 11 heteroatoms. The van der Waals surface area contributed by atoms with E-state index in [0.29, 0.717) is 29.6 Å². The van der Waals surface area contributed by atoms with Crippen molar-refractivity contribution in [2.75, 3.05) is 62.9 Å². The summed E-state index contributed by atoms with van der Waals surface area (Å²) in [6, 6.07) is 7.06. The summed E-state index contributed by atoms with van der Waals surface area (Å²) in [6.45, 7) is 10.4. The van der Waals surface area contributed by atoms with Crippen molar-refractivity contribution in [3.05, 3.63) is 35.7 Å². The highest BCUT2D eigenvalue weighted by atomic mass is 16.5. The molecule has 11 nitrogen and oxygen atoms in total. The van der Waals surface area contributed by atoms with Crippen molar-refractivity contribution in [3.8, 4) is 6.01 Å². The maximum absolute atomic E-state index is 11.4. The summed E-state index contributed by atoms with van der Waals surface area (Å²) in [4.78, 5) is 29.3. The lowest BCUT2D eigenvalue weighted by atomic mass is 10.2. The van der Waals surface area contributed by atoms with E-state index in [1.54, 1.807) is 24.3 Å². The number of nitrogens with zero attached hydrogens (tertiary/aromatic N) is 6. The number of amides is 1. The van der Waals surface area contributed by atoms with Crippen LogP contribution in [-0.2, 0) is 4.74 Å². The third-order valence-corrected chi connectivity index (χ3v) is 5.15. The molecule has 1 aromatic heterocycles. The topological polar surface area (TPSA) is 131 Å². The lowest BCUT2D eigenvalue weighted by Gasteiger charge is -2.26. The van der Waals surface area contributed by atoms with Gasteiger partial charge >= 0.3 is 6.01 Å². The molecule has 2 heterocycles. The minimum atomic E-state index is -0.499. The molecule has 1 saturated heterocycles. The predicted molar refractivity (Wildman–Crippen MR) is 132 cm³/mol. The number of rotatable bonds is 13. The van der Waals surface area contributed by atoms with Gasteiger partial charge in [0.25, 0.3) is 0 Å². The number of hydrogen-bond donors (Lipinski definition) is 2. The Balaban J connectivity index is 1.73. The zero-order valence-corrected chi connectivity index (χ0v) is 19.9. The van der Waals surface area contributed by atoms with E-state index in [1.807, 2.05) is 0 Å². The first-order valence-electron chi connectivity index (χ1n) is 11.7. The molecule has 34 heavy (non-hydrogen) atoms. The van der Waals surface area contributed by atoms with Crippen LogP contribution in [0.3, 0.4) is 0 Å². The maximum Gasteiger partial charge on any atom is 0.321 e. The first kappa shape index (κ1) is 25.3. The molecule has 2 aromatic rings. The minimum Gasteiger partial charge on any atom is -0.462 e. The van der Waals surface area contributed by atoms with E-state index in [4.69, 9.17) is 15.2 Å². The van der Waals surface area contributed by atoms with Crippen LogP contribution in [0.1, 0.15) is 42.9 Å². The van der Waals surface area contributed by atoms with E-state index in [2.05, 4.69) is 49.1 Å². The van der Waals surface area contributed by atoms with E-state index >= 15 is 0 Å². The van der Waals surface area contributed by atoms with Crippen LogP contribution in [-0.4, -0.2) is 84.5 Å². The average Bonchev–Trinajstić information content (AvgIpc) is 2.85. The fourth-order valence-corrected chi connectivity index (χ4v) is 3.47. The lowest BCUT2D eigenvalue weighted by Crippen LogP contribution is -2.38. The van der Waals surface area contributed by atoms with Crippen LogP contribution in [0.15, 0.2) is 29.4 Å². The van der Waals surface area contributed by atoms with Gasteiger partial charge in [-0.2, -0.15) is 20.1 Å². The smallest absolute Gasteiger partial charge is 0.321 e. The van der Waals surface area contributed by atoms with E-state index in [-0.39, 0.29) is 6.01 Å². The molecule has 184 valence electrons. The molecule has 0 aliphatic carbocycles. The van der Waals surface area contributed by atoms with Gasteiger partial charge in [0.1, 0.15) is 6.61 Å². The van der Waals surface area contributed by atoms with Crippen LogP contribution in [0.5, 0.6) is 6.01 Å². The van der Waals surface area contributed by atoms with Gasteiger partial charge in [0.05, 0.1) is 25.1 Å². The van der Waals surface area contributed by atoms with Gasteiger partial charge in [-0.3, -0.25) is 15.1 Å². The van der Waals surface area contributed by atoms with Crippen molar-refractivity contribution in [2.24, 2.45) is 10.8 Å². The monoisotopic (exact) mass is 470 g/mol. The minimum absolute atomic E-state index is 0.271. The number of hydrogen-bond acceptors (Lipinski definition) is 10. The summed E-state index contributed by atoms with van der Waals surface area (Å²) in [5.74, 6) is 0.444. The number of morpholine rings is 1. The van der Waals surface area contributed by atoms with Crippen molar-refractivity contribution in [3.63, 3.8) is 0 Å². The normalized spacial score (nSPS) is 14.3. The number of ether oxygens (including phenoxy) is 2. The number of anilines is 2. The third kappa shape index (κ3) is 7.92. The summed E-state index contributed by atoms with van der Waals surface area (Å²) in [5.41, 5.74) is 9.25. The molecule has 1 fully saturated rings. The zero-order valence-electron chi connectivity index (χ0n) is 19.9. The molecule has 1 amide bonds. The number of nitrogens with one attached hydrogen (secondary N) is 1. The Morgan fingerprint density at radius 3 is 2.71 bits per heavy atom. The SMILES string of the molecule is CCCN(CCC)c1nc(/C=N/Nc2cccc(C(N)=O)c2)nc(OCCN2CCOCC2)n1. The molecular weight excluding hydrogens is 436 g/mol. The molecule has 3 rings (SSSR count). The molecule has 0 unspecified atom stereocenters. The third-order valence-electron chi connectivity index (χ3n) is 5.15. The number of nitrogens with two attached hydrogens (primary N) is 1. The fourth-order valence-electron chi connectivity index (χ4n) is 3.47. The Kier molecular flexibility index (Phi) is 9.98. The highest BCUT2D eigenvalue weighted by molar-refractivity contribution is 5.93. The van der Waals surface area contributed by atoms with Crippen molar-refractivity contribution in [1.82, 2.24) is 19.9 Å². The second-order valence-electron chi connectivity index (χ2n) is 7.88. The molecule has 1 aromatic carbocycles. The number of aromatic nitrogens is 3. The van der Waals surface area contributed by atoms with Gasteiger partial charge in [-0.15, -0.1) is 0 Å². The molecule has 0 saturated carbocycles. The van der Waals surface area contributed by atoms with E-state index in [1.165, 1.54) is 6.21 Å². The Morgan fingerprint density at radius 1 is 1.24 bits per heavy atom. The number of hydrazone groups is 1. The first-order chi connectivity index (χ1) is 16.6. The summed E-state index contributed by atoms with van der Waals surface area (Å²) >= 11 is 0. The van der Waals surface area contributed by atoms with E-state index < -0.39 is 5.91 Å². The van der Waals surface area contributed by atoms with Gasteiger partial charge in [-0.1, -0.05) is 19.9 Å². The van der Waals surface area contributed by atoms with E-state index in [9.17, 15) is 4.79 Å². The first-order valence-corrected chi connectivity index (χ1v) is 11.7. The molecule has 0 radical (unpaired) electrons. The second-order valence-corrected chi connectivity index (χ2v) is 7.88. The molecule has 3 N–H and O–H groups in total. The van der Waals surface area contributed by atoms with Crippen molar-refractivity contribution < 1.29 is 14.3 Å². The quantitative estimate of drug-likeness (QED) is 0.332. The van der Waals surface area contributed by atoms with Gasteiger partial charge in [0.2, 0.25) is 11.9 Å². The molecular formula is C23H34N8O3. The van der Waals surface area contributed by atoms with Crippen molar-refractivity contribution in [1.29, 1.82) is 0 Å². The lowest BCUT2D eigenvalue weighted by molar-refractivity contribution is 0.0317. The number of primary amides is 1. The number of carbonyl (C=O) groups is 1. The highest BCUT2D eigenvalue weighted by Gasteiger charge is 2.14. The van der Waals surface area contributed by atoms with Gasteiger partial charge in [-0.25, -0.2) is 0 Å². The van der Waals surface area contributed by atoms with Gasteiger partial charge < -0.3 is 20.1 Å². The Bertz CT molecular complexity index is 944. The fraction of sp³-hybridized carbons (Fsp3) is 0.522. The van der Waals surface area contributed by atoms with Crippen LogP contribution in [0.25, 0.3) is 0 Å². The van der Waals surface area contributed by atoms with Gasteiger partial charge in [0, 0.05) is 38.3 Å². The van der Waals surface area contributed by atoms with Crippen LogP contribution < -0.4 is 20.8 Å². The molecule has 0 spiro atoms. The Morgan fingerprint density at radius 2 is 2.00 bits per heavy atom. The number of carbonyl (C=O) groups excluding carboxylic acids is 1. The van der Waals surface area contributed by atoms with Gasteiger partial charge in [0.15, 0.2) is 5.82 Å². The molecule has 0 atom stereocenters. The van der Waals surface area contributed by atoms with Gasteiger partial charge in [-0.05, 0) is 31.0 Å². The van der Waals surface area contributed by atoms with Crippen molar-refractivity contribution >= 4 is 23.8 Å². The van der Waals surface area contributed by atoms with Crippen molar-refractivity contribution in [2.45, 2.75) is 26.7 Å². The standard InChI is InChI=1S/C23H34N8O3/c1-3-8-31(9-4-2)22-26-20(17-25-29-19-7-5-6-18(16-19)21(24)32)27-23(28-22)34-15-12-30-10-13-33-14-11-30/h5-7,16-17,29H,3-4,8-15H2,1-2H3,(H2,24,32)/b25-17+. The van der Waals surface area contributed by atoms with Crippen LogP contribution >= 0.6 is 0 Å². The summed E-state index contributed by atoms with van der Waals surface area (Å²) in [6.07, 6.45) is 3.45. The largest absolute Gasteiger partial charge is 0.462 e. The highest BCUT2D eigenvalue weighted by Crippen LogP contribution is 2.14. The molecule has 1 aliphatic rings. The Hall–Kier alpha value is -3.31. The van der Waals surface area contributed by atoms with Crippen LogP contribution in [0.4, 0.5) is 11.6 Å². The summed E-state index contributed by atoms with van der Waals surface area (Å²) in [7, 11) is 0. The maximum atomic E-state index is 11.4. The predicted octanol–water partition coefficient (Wildman–Crippen LogP) is 1.75. The average molecular weight is 471 g/mol. The summed E-state index contributed by atoms with van der Waals surface area (Å²) < 4.78 is 11.3. The molecule has 1 aliphatic heterocycles. The summed E-state index contributed by atoms with van der Waals surface area (Å²) in [5, 5.41) is 4.22. The Labute approximate surface area is 200 Å². The second kappa shape index (κ2) is 13.4.